The van der Waals surface area contributed by atoms with Crippen LogP contribution in [0.15, 0.2) is 42.5 Å². The molecule has 0 fully saturated rings. The first-order valence-electron chi connectivity index (χ1n) is 6.40. The second-order valence-electron chi connectivity index (χ2n) is 4.30. The number of halogens is 3. The molecule has 1 nitrogen and oxygen atoms in total. The third-order valence-corrected chi connectivity index (χ3v) is 3.17. The smallest absolute Gasteiger partial charge is 0.141 e. The lowest BCUT2D eigenvalue weighted by molar-refractivity contribution is 0.306. The van der Waals surface area contributed by atoms with Crippen molar-refractivity contribution in [1.82, 2.24) is 0 Å². The van der Waals surface area contributed by atoms with Crippen molar-refractivity contribution in [3.63, 3.8) is 0 Å². The van der Waals surface area contributed by atoms with Crippen molar-refractivity contribution in [3.8, 4) is 17.6 Å². The highest BCUT2D eigenvalue weighted by Gasteiger charge is 2.02. The Morgan fingerprint density at radius 1 is 1.10 bits per heavy atom. The Balaban J connectivity index is 1.94. The first-order chi connectivity index (χ1) is 10.2. The lowest BCUT2D eigenvalue weighted by atomic mass is 10.2. The summed E-state index contributed by atoms with van der Waals surface area (Å²) in [5.74, 6) is 6.80. The van der Waals surface area contributed by atoms with E-state index in [1.165, 1.54) is 6.07 Å². The maximum atomic E-state index is 13.0. The van der Waals surface area contributed by atoms with Gasteiger partial charge in [0.1, 0.15) is 18.2 Å². The van der Waals surface area contributed by atoms with Crippen LogP contribution in [0.3, 0.4) is 0 Å². The molecule has 108 valence electrons. The fourth-order valence-corrected chi connectivity index (χ4v) is 1.94. The van der Waals surface area contributed by atoms with Gasteiger partial charge in [-0.2, -0.15) is 0 Å². The molecule has 0 radical (unpaired) electrons. The molecule has 0 N–H and O–H groups in total. The molecule has 21 heavy (non-hydrogen) atoms. The molecule has 0 aliphatic carbocycles. The van der Waals surface area contributed by atoms with Crippen molar-refractivity contribution in [2.45, 2.75) is 13.0 Å². The normalized spacial score (nSPS) is 9.86. The first-order valence-corrected chi connectivity index (χ1v) is 7.32. The SMILES string of the molecule is Fc1ccc(COc2ccc(C#CCCCl)cc2)cc1Cl. The van der Waals surface area contributed by atoms with Crippen LogP contribution >= 0.6 is 23.2 Å². The van der Waals surface area contributed by atoms with Crippen LogP contribution in [-0.4, -0.2) is 5.88 Å². The average Bonchev–Trinajstić information content (AvgIpc) is 2.50. The fraction of sp³-hybridized carbons (Fsp3) is 0.176. The van der Waals surface area contributed by atoms with Gasteiger partial charge in [-0.3, -0.25) is 0 Å². The molecule has 2 rings (SSSR count). The summed E-state index contributed by atoms with van der Waals surface area (Å²) in [6.45, 7) is 0.331. The molecule has 0 aliphatic rings. The standard InChI is InChI=1S/C17H13Cl2FO/c18-10-2-1-3-13-4-7-15(8-5-13)21-12-14-6-9-17(20)16(19)11-14/h4-9,11H,2,10,12H2. The number of hydrogen-bond acceptors (Lipinski definition) is 1. The van der Waals surface area contributed by atoms with E-state index in [0.29, 0.717) is 18.9 Å². The molecular weight excluding hydrogens is 310 g/mol. The number of benzene rings is 2. The molecule has 0 saturated carbocycles. The van der Waals surface area contributed by atoms with Crippen molar-refractivity contribution in [2.75, 3.05) is 5.88 Å². The molecular formula is C17H13Cl2FO. The van der Waals surface area contributed by atoms with Crippen LogP contribution in [0.5, 0.6) is 5.75 Å². The molecule has 0 amide bonds. The van der Waals surface area contributed by atoms with E-state index >= 15 is 0 Å². The largest absolute Gasteiger partial charge is 0.489 e. The lowest BCUT2D eigenvalue weighted by Gasteiger charge is -2.07. The highest BCUT2D eigenvalue weighted by molar-refractivity contribution is 6.30. The van der Waals surface area contributed by atoms with Crippen molar-refractivity contribution >= 4 is 23.2 Å². The summed E-state index contributed by atoms with van der Waals surface area (Å²) in [5, 5.41) is 0.0982. The maximum absolute atomic E-state index is 13.0. The topological polar surface area (TPSA) is 9.23 Å². The van der Waals surface area contributed by atoms with Gasteiger partial charge in [0.15, 0.2) is 0 Å². The molecule has 4 heteroatoms. The van der Waals surface area contributed by atoms with Gasteiger partial charge in [0.05, 0.1) is 5.02 Å². The zero-order valence-corrected chi connectivity index (χ0v) is 12.7. The monoisotopic (exact) mass is 322 g/mol. The van der Waals surface area contributed by atoms with E-state index in [-0.39, 0.29) is 5.02 Å². The summed E-state index contributed by atoms with van der Waals surface area (Å²) < 4.78 is 18.7. The van der Waals surface area contributed by atoms with E-state index < -0.39 is 5.82 Å². The van der Waals surface area contributed by atoms with Crippen LogP contribution in [0.4, 0.5) is 4.39 Å². The molecule has 2 aromatic carbocycles. The second-order valence-corrected chi connectivity index (χ2v) is 5.09. The van der Waals surface area contributed by atoms with Crippen LogP contribution < -0.4 is 4.74 Å². The van der Waals surface area contributed by atoms with Gasteiger partial charge in [-0.1, -0.05) is 29.5 Å². The quantitative estimate of drug-likeness (QED) is 0.566. The van der Waals surface area contributed by atoms with Gasteiger partial charge < -0.3 is 4.74 Å². The van der Waals surface area contributed by atoms with Crippen LogP contribution in [0, 0.1) is 17.7 Å². The number of ether oxygens (including phenoxy) is 1. The molecule has 0 saturated heterocycles. The van der Waals surface area contributed by atoms with Crippen LogP contribution in [0.1, 0.15) is 17.5 Å². The van der Waals surface area contributed by atoms with Gasteiger partial charge in [0.2, 0.25) is 0 Å². The summed E-state index contributed by atoms with van der Waals surface area (Å²) in [7, 11) is 0. The molecule has 0 aromatic heterocycles. The summed E-state index contributed by atoms with van der Waals surface area (Å²) >= 11 is 11.3. The minimum Gasteiger partial charge on any atom is -0.489 e. The van der Waals surface area contributed by atoms with Gasteiger partial charge >= 0.3 is 0 Å². The van der Waals surface area contributed by atoms with Crippen LogP contribution in [0.25, 0.3) is 0 Å². The van der Waals surface area contributed by atoms with Gasteiger partial charge in [0.25, 0.3) is 0 Å². The summed E-state index contributed by atoms with van der Waals surface area (Å²) in [5.41, 5.74) is 1.73. The molecule has 0 aliphatic heterocycles. The van der Waals surface area contributed by atoms with E-state index in [9.17, 15) is 4.39 Å². The van der Waals surface area contributed by atoms with Gasteiger partial charge in [0, 0.05) is 17.9 Å². The molecule has 0 atom stereocenters. The van der Waals surface area contributed by atoms with Crippen molar-refractivity contribution in [3.05, 3.63) is 64.4 Å². The lowest BCUT2D eigenvalue weighted by Crippen LogP contribution is -1.96. The summed E-state index contributed by atoms with van der Waals surface area (Å²) in [4.78, 5) is 0. The van der Waals surface area contributed by atoms with E-state index in [0.717, 1.165) is 16.9 Å². The molecule has 0 bridgehead atoms. The van der Waals surface area contributed by atoms with Gasteiger partial charge in [-0.05, 0) is 42.0 Å². The fourth-order valence-electron chi connectivity index (χ4n) is 1.64. The average molecular weight is 323 g/mol. The van der Waals surface area contributed by atoms with E-state index in [1.54, 1.807) is 12.1 Å². The summed E-state index contributed by atoms with van der Waals surface area (Å²) in [6.07, 6.45) is 0.672. The minimum absolute atomic E-state index is 0.0982. The third-order valence-electron chi connectivity index (χ3n) is 2.70. The van der Waals surface area contributed by atoms with Crippen LogP contribution in [0.2, 0.25) is 5.02 Å². The molecule has 0 spiro atoms. The zero-order valence-electron chi connectivity index (χ0n) is 11.2. The van der Waals surface area contributed by atoms with Crippen LogP contribution in [-0.2, 0) is 6.61 Å². The third kappa shape index (κ3) is 4.97. The Bertz CT molecular complexity index is 657. The Labute approximate surface area is 133 Å². The highest BCUT2D eigenvalue weighted by atomic mass is 35.5. The second kappa shape index (κ2) is 7.93. The number of hydrogen-bond donors (Lipinski definition) is 0. The Morgan fingerprint density at radius 3 is 2.52 bits per heavy atom. The van der Waals surface area contributed by atoms with E-state index in [2.05, 4.69) is 11.8 Å². The summed E-state index contributed by atoms with van der Waals surface area (Å²) in [6, 6.07) is 12.0. The van der Waals surface area contributed by atoms with Gasteiger partial charge in [-0.25, -0.2) is 4.39 Å². The zero-order chi connectivity index (χ0) is 15.1. The predicted molar refractivity (Wildman–Crippen MR) is 84.4 cm³/mol. The Hall–Kier alpha value is -1.69. The number of alkyl halides is 1. The molecule has 0 heterocycles. The molecule has 0 unspecified atom stereocenters. The van der Waals surface area contributed by atoms with Gasteiger partial charge in [-0.15, -0.1) is 11.6 Å². The van der Waals surface area contributed by atoms with Crippen molar-refractivity contribution < 1.29 is 9.13 Å². The van der Waals surface area contributed by atoms with E-state index in [1.807, 2.05) is 24.3 Å². The van der Waals surface area contributed by atoms with Crippen molar-refractivity contribution in [1.29, 1.82) is 0 Å². The highest BCUT2D eigenvalue weighted by Crippen LogP contribution is 2.18. The van der Waals surface area contributed by atoms with E-state index in [4.69, 9.17) is 27.9 Å². The Kier molecular flexibility index (Phi) is 5.92. The first kappa shape index (κ1) is 15.7. The maximum Gasteiger partial charge on any atom is 0.141 e. The predicted octanol–water partition coefficient (Wildman–Crippen LogP) is 5.04. The Morgan fingerprint density at radius 2 is 1.86 bits per heavy atom. The number of rotatable bonds is 4. The van der Waals surface area contributed by atoms with Crippen molar-refractivity contribution in [2.24, 2.45) is 0 Å². The molecule has 2 aromatic rings. The minimum atomic E-state index is -0.430.